The molecule has 1 aromatic carbocycles. The Labute approximate surface area is 164 Å². The van der Waals surface area contributed by atoms with E-state index in [1.807, 2.05) is 24.0 Å². The SMILES string of the molecule is Cc1cccc2c(=O)n(CCC(=O)NCCCN3CCCCCC3=O)cnc12. The summed E-state index contributed by atoms with van der Waals surface area (Å²) in [5.74, 6) is 0.126. The van der Waals surface area contributed by atoms with E-state index in [0.29, 0.717) is 37.0 Å². The molecule has 1 aromatic heterocycles. The Kier molecular flexibility index (Phi) is 6.79. The molecule has 28 heavy (non-hydrogen) atoms. The zero-order valence-electron chi connectivity index (χ0n) is 16.4. The van der Waals surface area contributed by atoms with Crippen molar-refractivity contribution in [3.63, 3.8) is 0 Å². The molecular weight excluding hydrogens is 356 g/mol. The molecule has 1 N–H and O–H groups in total. The largest absolute Gasteiger partial charge is 0.356 e. The van der Waals surface area contributed by atoms with Gasteiger partial charge in [0.15, 0.2) is 0 Å². The van der Waals surface area contributed by atoms with Gasteiger partial charge in [0.05, 0.1) is 17.2 Å². The fourth-order valence-electron chi connectivity index (χ4n) is 3.58. The summed E-state index contributed by atoms with van der Waals surface area (Å²) in [7, 11) is 0. The number of aryl methyl sites for hydroxylation is 2. The van der Waals surface area contributed by atoms with Crippen LogP contribution in [0.2, 0.25) is 0 Å². The molecule has 1 aliphatic heterocycles. The zero-order chi connectivity index (χ0) is 19.9. The lowest BCUT2D eigenvalue weighted by Crippen LogP contribution is -2.34. The van der Waals surface area contributed by atoms with Crippen LogP contribution >= 0.6 is 0 Å². The second-order valence-corrected chi connectivity index (χ2v) is 7.36. The van der Waals surface area contributed by atoms with Gasteiger partial charge in [-0.25, -0.2) is 4.98 Å². The summed E-state index contributed by atoms with van der Waals surface area (Å²) in [6.45, 7) is 4.27. The average molecular weight is 384 g/mol. The molecule has 0 atom stereocenters. The predicted octanol–water partition coefficient (Wildman–Crippen LogP) is 2.00. The van der Waals surface area contributed by atoms with Crippen LogP contribution < -0.4 is 10.9 Å². The summed E-state index contributed by atoms with van der Waals surface area (Å²) < 4.78 is 1.48. The van der Waals surface area contributed by atoms with Gasteiger partial charge in [0.1, 0.15) is 0 Å². The number of hydrogen-bond donors (Lipinski definition) is 1. The highest BCUT2D eigenvalue weighted by molar-refractivity contribution is 5.80. The second kappa shape index (κ2) is 9.48. The minimum Gasteiger partial charge on any atom is -0.356 e. The lowest BCUT2D eigenvalue weighted by Gasteiger charge is -2.20. The first-order valence-electron chi connectivity index (χ1n) is 10.1. The summed E-state index contributed by atoms with van der Waals surface area (Å²) in [5, 5.41) is 3.45. The van der Waals surface area contributed by atoms with Gasteiger partial charge in [-0.1, -0.05) is 18.6 Å². The van der Waals surface area contributed by atoms with Crippen molar-refractivity contribution in [2.24, 2.45) is 0 Å². The van der Waals surface area contributed by atoms with Gasteiger partial charge in [0.2, 0.25) is 11.8 Å². The number of nitrogens with zero attached hydrogens (tertiary/aromatic N) is 3. The maximum atomic E-state index is 12.5. The number of benzene rings is 1. The molecule has 0 saturated carbocycles. The average Bonchev–Trinajstić information content (AvgIpc) is 2.89. The molecule has 3 rings (SSSR count). The lowest BCUT2D eigenvalue weighted by atomic mass is 10.1. The molecular formula is C21H28N4O3. The van der Waals surface area contributed by atoms with Crippen LogP contribution in [0.4, 0.5) is 0 Å². The molecule has 2 aromatic rings. The standard InChI is InChI=1S/C21H28N4O3/c1-16-7-5-8-17-20(16)23-15-25(21(17)28)14-10-18(26)22-11-6-13-24-12-4-2-3-9-19(24)27/h5,7-8,15H,2-4,6,9-14H2,1H3,(H,22,26). The summed E-state index contributed by atoms with van der Waals surface area (Å²) in [6, 6.07) is 5.52. The fourth-order valence-corrected chi connectivity index (χ4v) is 3.58. The van der Waals surface area contributed by atoms with Gasteiger partial charge in [-0.3, -0.25) is 19.0 Å². The van der Waals surface area contributed by atoms with E-state index in [1.54, 1.807) is 6.07 Å². The molecule has 0 radical (unpaired) electrons. The van der Waals surface area contributed by atoms with Crippen molar-refractivity contribution in [2.75, 3.05) is 19.6 Å². The van der Waals surface area contributed by atoms with Gasteiger partial charge < -0.3 is 10.2 Å². The number of carbonyl (C=O) groups excluding carboxylic acids is 2. The molecule has 1 saturated heterocycles. The molecule has 0 bridgehead atoms. The Hall–Kier alpha value is -2.70. The first kappa shape index (κ1) is 20.0. The van der Waals surface area contributed by atoms with Crippen molar-refractivity contribution in [1.29, 1.82) is 0 Å². The Morgan fingerprint density at radius 3 is 2.89 bits per heavy atom. The van der Waals surface area contributed by atoms with Crippen LogP contribution in [-0.4, -0.2) is 45.9 Å². The molecule has 1 fully saturated rings. The van der Waals surface area contributed by atoms with Crippen LogP contribution in [-0.2, 0) is 16.1 Å². The third-order valence-electron chi connectivity index (χ3n) is 5.23. The molecule has 7 nitrogen and oxygen atoms in total. The molecule has 0 spiro atoms. The van der Waals surface area contributed by atoms with E-state index in [4.69, 9.17) is 0 Å². The summed E-state index contributed by atoms with van der Waals surface area (Å²) in [4.78, 5) is 42.8. The number of fused-ring (bicyclic) bond motifs is 1. The highest BCUT2D eigenvalue weighted by Gasteiger charge is 2.15. The van der Waals surface area contributed by atoms with Crippen molar-refractivity contribution in [2.45, 2.75) is 52.0 Å². The number of rotatable bonds is 7. The van der Waals surface area contributed by atoms with E-state index < -0.39 is 0 Å². The number of para-hydroxylation sites is 1. The molecule has 150 valence electrons. The first-order valence-corrected chi connectivity index (χ1v) is 10.1. The third kappa shape index (κ3) is 4.97. The minimum absolute atomic E-state index is 0.0987. The van der Waals surface area contributed by atoms with Crippen LogP contribution in [0.25, 0.3) is 10.9 Å². The van der Waals surface area contributed by atoms with Crippen LogP contribution in [0.5, 0.6) is 0 Å². The maximum absolute atomic E-state index is 12.5. The van der Waals surface area contributed by atoms with E-state index in [-0.39, 0.29) is 23.8 Å². The highest BCUT2D eigenvalue weighted by Crippen LogP contribution is 2.12. The number of likely N-dealkylation sites (tertiary alicyclic amines) is 1. The van der Waals surface area contributed by atoms with E-state index in [0.717, 1.165) is 37.8 Å². The smallest absolute Gasteiger partial charge is 0.261 e. The molecule has 2 amide bonds. The number of amides is 2. The number of nitrogens with one attached hydrogen (secondary N) is 1. The molecule has 2 heterocycles. The fraction of sp³-hybridized carbons (Fsp3) is 0.524. The Bertz CT molecular complexity index is 906. The van der Waals surface area contributed by atoms with Crippen molar-refractivity contribution in [3.8, 4) is 0 Å². The van der Waals surface area contributed by atoms with Gasteiger partial charge in [-0.2, -0.15) is 0 Å². The van der Waals surface area contributed by atoms with Crippen molar-refractivity contribution < 1.29 is 9.59 Å². The van der Waals surface area contributed by atoms with Crippen molar-refractivity contribution in [3.05, 3.63) is 40.4 Å². The summed E-state index contributed by atoms with van der Waals surface area (Å²) >= 11 is 0. The topological polar surface area (TPSA) is 84.3 Å². The Balaban J connectivity index is 1.44. The van der Waals surface area contributed by atoms with Crippen LogP contribution in [0, 0.1) is 6.92 Å². The van der Waals surface area contributed by atoms with Gasteiger partial charge in [-0.05, 0) is 37.8 Å². The van der Waals surface area contributed by atoms with E-state index in [2.05, 4.69) is 10.3 Å². The van der Waals surface area contributed by atoms with E-state index in [9.17, 15) is 14.4 Å². The van der Waals surface area contributed by atoms with Gasteiger partial charge in [-0.15, -0.1) is 0 Å². The zero-order valence-corrected chi connectivity index (χ0v) is 16.4. The molecule has 0 aliphatic carbocycles. The van der Waals surface area contributed by atoms with Crippen LogP contribution in [0.3, 0.4) is 0 Å². The molecule has 0 unspecified atom stereocenters. The quantitative estimate of drug-likeness (QED) is 0.740. The highest BCUT2D eigenvalue weighted by atomic mass is 16.2. The second-order valence-electron chi connectivity index (χ2n) is 7.36. The van der Waals surface area contributed by atoms with Crippen molar-refractivity contribution in [1.82, 2.24) is 19.8 Å². The number of carbonyl (C=O) groups is 2. The first-order chi connectivity index (χ1) is 13.6. The molecule has 1 aliphatic rings. The lowest BCUT2D eigenvalue weighted by molar-refractivity contribution is -0.130. The van der Waals surface area contributed by atoms with Gasteiger partial charge in [0.25, 0.3) is 5.56 Å². The Morgan fingerprint density at radius 1 is 1.18 bits per heavy atom. The number of hydrogen-bond acceptors (Lipinski definition) is 4. The monoisotopic (exact) mass is 384 g/mol. The van der Waals surface area contributed by atoms with Crippen molar-refractivity contribution >= 4 is 22.7 Å². The van der Waals surface area contributed by atoms with E-state index >= 15 is 0 Å². The van der Waals surface area contributed by atoms with Crippen LogP contribution in [0.1, 0.15) is 44.1 Å². The van der Waals surface area contributed by atoms with Crippen LogP contribution in [0.15, 0.2) is 29.3 Å². The van der Waals surface area contributed by atoms with Gasteiger partial charge in [0, 0.05) is 39.0 Å². The van der Waals surface area contributed by atoms with Gasteiger partial charge >= 0.3 is 0 Å². The minimum atomic E-state index is -0.124. The Morgan fingerprint density at radius 2 is 2.04 bits per heavy atom. The normalized spacial score (nSPS) is 14.9. The summed E-state index contributed by atoms with van der Waals surface area (Å²) in [6.07, 6.45) is 6.27. The predicted molar refractivity (Wildman–Crippen MR) is 108 cm³/mol. The third-order valence-corrected chi connectivity index (χ3v) is 5.23. The van der Waals surface area contributed by atoms with E-state index in [1.165, 1.54) is 10.9 Å². The molecule has 7 heteroatoms. The number of aromatic nitrogens is 2. The summed E-state index contributed by atoms with van der Waals surface area (Å²) in [5.41, 5.74) is 1.54. The maximum Gasteiger partial charge on any atom is 0.261 e.